The predicted octanol–water partition coefficient (Wildman–Crippen LogP) is 1.72. The Morgan fingerprint density at radius 2 is 1.88 bits per heavy atom. The first-order valence-electron chi connectivity index (χ1n) is 4.88. The normalized spacial score (nSPS) is 12.3. The molecular weight excluding hydrogens is 274 g/mol. The number of methoxy groups -OCH3 is 2. The maximum Gasteiger partial charge on any atom is 0.133 e. The van der Waals surface area contributed by atoms with Gasteiger partial charge in [-0.2, -0.15) is 0 Å². The highest BCUT2D eigenvalue weighted by Crippen LogP contribution is 2.38. The van der Waals surface area contributed by atoms with Crippen molar-refractivity contribution in [1.82, 2.24) is 5.32 Å². The van der Waals surface area contributed by atoms with E-state index < -0.39 is 6.10 Å². The third kappa shape index (κ3) is 2.66. The number of hydrogen-bond donors (Lipinski definition) is 2. The second-order valence-electron chi connectivity index (χ2n) is 3.27. The van der Waals surface area contributed by atoms with Crippen molar-refractivity contribution in [3.8, 4) is 11.5 Å². The van der Waals surface area contributed by atoms with Gasteiger partial charge in [0.15, 0.2) is 0 Å². The van der Waals surface area contributed by atoms with Crippen LogP contribution in [-0.2, 0) is 0 Å². The van der Waals surface area contributed by atoms with Crippen LogP contribution in [-0.4, -0.2) is 32.9 Å². The van der Waals surface area contributed by atoms with Crippen LogP contribution in [0.15, 0.2) is 16.6 Å². The van der Waals surface area contributed by atoms with E-state index in [1.54, 1.807) is 33.4 Å². The second kappa shape index (κ2) is 6.08. The van der Waals surface area contributed by atoms with Crippen molar-refractivity contribution < 1.29 is 14.6 Å². The molecule has 0 aliphatic heterocycles. The Morgan fingerprint density at radius 3 is 2.38 bits per heavy atom. The zero-order valence-corrected chi connectivity index (χ0v) is 11.2. The molecule has 1 rings (SSSR count). The molecule has 1 aromatic carbocycles. The van der Waals surface area contributed by atoms with Gasteiger partial charge in [0.1, 0.15) is 11.5 Å². The highest BCUT2D eigenvalue weighted by molar-refractivity contribution is 9.10. The standard InChI is InChI=1S/C11H16BrNO3/c1-13-6-7(14)10-8(15-2)4-5-9(16-3)11(10)12/h4-5,7,13-14H,6H2,1-3H3. The van der Waals surface area contributed by atoms with Gasteiger partial charge in [-0.05, 0) is 35.1 Å². The van der Waals surface area contributed by atoms with Crippen LogP contribution in [0.5, 0.6) is 11.5 Å². The average Bonchev–Trinajstić information content (AvgIpc) is 2.28. The molecule has 1 atom stereocenters. The Hall–Kier alpha value is -0.780. The highest BCUT2D eigenvalue weighted by atomic mass is 79.9. The van der Waals surface area contributed by atoms with Gasteiger partial charge in [0, 0.05) is 12.1 Å². The van der Waals surface area contributed by atoms with E-state index in [0.717, 1.165) is 4.47 Å². The molecule has 1 unspecified atom stereocenters. The molecular formula is C11H16BrNO3. The largest absolute Gasteiger partial charge is 0.496 e. The first-order valence-corrected chi connectivity index (χ1v) is 5.68. The van der Waals surface area contributed by atoms with Gasteiger partial charge in [-0.25, -0.2) is 0 Å². The van der Waals surface area contributed by atoms with E-state index in [1.165, 1.54) is 0 Å². The van der Waals surface area contributed by atoms with Crippen LogP contribution in [0.4, 0.5) is 0 Å². The summed E-state index contributed by atoms with van der Waals surface area (Å²) in [4.78, 5) is 0. The number of nitrogens with one attached hydrogen (secondary N) is 1. The van der Waals surface area contributed by atoms with Crippen LogP contribution in [0, 0.1) is 0 Å². The van der Waals surface area contributed by atoms with Crippen molar-refractivity contribution in [3.63, 3.8) is 0 Å². The molecule has 90 valence electrons. The maximum absolute atomic E-state index is 10.0. The van der Waals surface area contributed by atoms with Gasteiger partial charge < -0.3 is 19.9 Å². The van der Waals surface area contributed by atoms with Crippen LogP contribution in [0.2, 0.25) is 0 Å². The monoisotopic (exact) mass is 289 g/mol. The summed E-state index contributed by atoms with van der Waals surface area (Å²) in [5, 5.41) is 12.9. The van der Waals surface area contributed by atoms with E-state index >= 15 is 0 Å². The van der Waals surface area contributed by atoms with E-state index in [-0.39, 0.29) is 0 Å². The van der Waals surface area contributed by atoms with Gasteiger partial charge in [-0.1, -0.05) is 0 Å². The fourth-order valence-corrected chi connectivity index (χ4v) is 2.25. The number of ether oxygens (including phenoxy) is 2. The van der Waals surface area contributed by atoms with Crippen LogP contribution in [0.1, 0.15) is 11.7 Å². The molecule has 0 heterocycles. The van der Waals surface area contributed by atoms with Crippen molar-refractivity contribution in [1.29, 1.82) is 0 Å². The van der Waals surface area contributed by atoms with E-state index in [9.17, 15) is 5.11 Å². The Bertz CT molecular complexity index is 357. The minimum atomic E-state index is -0.649. The van der Waals surface area contributed by atoms with Crippen molar-refractivity contribution in [2.24, 2.45) is 0 Å². The van der Waals surface area contributed by atoms with Crippen molar-refractivity contribution in [2.45, 2.75) is 6.10 Å². The molecule has 5 heteroatoms. The number of aliphatic hydroxyl groups excluding tert-OH is 1. The highest BCUT2D eigenvalue weighted by Gasteiger charge is 2.19. The average molecular weight is 290 g/mol. The van der Waals surface area contributed by atoms with Gasteiger partial charge in [-0.15, -0.1) is 0 Å². The lowest BCUT2D eigenvalue weighted by Gasteiger charge is -2.18. The maximum atomic E-state index is 10.0. The fraction of sp³-hybridized carbons (Fsp3) is 0.455. The summed E-state index contributed by atoms with van der Waals surface area (Å²) >= 11 is 3.41. The van der Waals surface area contributed by atoms with Crippen LogP contribution in [0.3, 0.4) is 0 Å². The minimum Gasteiger partial charge on any atom is -0.496 e. The van der Waals surface area contributed by atoms with Gasteiger partial charge in [0.2, 0.25) is 0 Å². The Labute approximate surface area is 104 Å². The first kappa shape index (κ1) is 13.3. The van der Waals surface area contributed by atoms with Crippen molar-refractivity contribution in [3.05, 3.63) is 22.2 Å². The molecule has 0 saturated heterocycles. The first-order chi connectivity index (χ1) is 7.65. The molecule has 0 bridgehead atoms. The molecule has 0 aliphatic carbocycles. The summed E-state index contributed by atoms with van der Waals surface area (Å²) in [6.45, 7) is 0.447. The topological polar surface area (TPSA) is 50.7 Å². The molecule has 2 N–H and O–H groups in total. The number of halogens is 1. The molecule has 0 spiro atoms. The Balaban J connectivity index is 3.20. The van der Waals surface area contributed by atoms with E-state index in [4.69, 9.17) is 9.47 Å². The third-order valence-corrected chi connectivity index (χ3v) is 3.09. The van der Waals surface area contributed by atoms with Crippen molar-refractivity contribution in [2.75, 3.05) is 27.8 Å². The number of hydrogen-bond acceptors (Lipinski definition) is 4. The Kier molecular flexibility index (Phi) is 5.05. The number of aliphatic hydroxyl groups is 1. The molecule has 0 saturated carbocycles. The number of rotatable bonds is 5. The summed E-state index contributed by atoms with van der Waals surface area (Å²) in [7, 11) is 4.94. The van der Waals surface area contributed by atoms with Gasteiger partial charge in [0.25, 0.3) is 0 Å². The number of likely N-dealkylation sites (N-methyl/N-ethyl adjacent to an activating group) is 1. The van der Waals surface area contributed by atoms with Gasteiger partial charge >= 0.3 is 0 Å². The minimum absolute atomic E-state index is 0.447. The van der Waals surface area contributed by atoms with Crippen LogP contribution >= 0.6 is 15.9 Å². The van der Waals surface area contributed by atoms with Crippen LogP contribution in [0.25, 0.3) is 0 Å². The van der Waals surface area contributed by atoms with E-state index in [2.05, 4.69) is 21.2 Å². The molecule has 0 aromatic heterocycles. The Morgan fingerprint density at radius 1 is 1.31 bits per heavy atom. The molecule has 0 radical (unpaired) electrons. The summed E-state index contributed by atoms with van der Waals surface area (Å²) in [5.74, 6) is 1.31. The number of benzene rings is 1. The SMILES string of the molecule is CNCC(O)c1c(OC)ccc(OC)c1Br. The lowest BCUT2D eigenvalue weighted by molar-refractivity contribution is 0.172. The van der Waals surface area contributed by atoms with E-state index in [1.807, 2.05) is 0 Å². The molecule has 0 amide bonds. The summed E-state index contributed by atoms with van der Waals surface area (Å²) in [6, 6.07) is 3.57. The molecule has 1 aromatic rings. The van der Waals surface area contributed by atoms with Crippen LogP contribution < -0.4 is 14.8 Å². The predicted molar refractivity (Wildman–Crippen MR) is 66.1 cm³/mol. The van der Waals surface area contributed by atoms with Crippen molar-refractivity contribution >= 4 is 15.9 Å². The summed E-state index contributed by atoms with van der Waals surface area (Å²) < 4.78 is 11.1. The quantitative estimate of drug-likeness (QED) is 0.867. The molecule has 0 fully saturated rings. The lowest BCUT2D eigenvalue weighted by atomic mass is 10.1. The summed E-state index contributed by atoms with van der Waals surface area (Å²) in [5.41, 5.74) is 0.691. The van der Waals surface area contributed by atoms with Gasteiger partial charge in [-0.3, -0.25) is 0 Å². The smallest absolute Gasteiger partial charge is 0.133 e. The molecule has 4 nitrogen and oxygen atoms in total. The zero-order valence-electron chi connectivity index (χ0n) is 9.58. The molecule has 0 aliphatic rings. The van der Waals surface area contributed by atoms with Gasteiger partial charge in [0.05, 0.1) is 24.8 Å². The second-order valence-corrected chi connectivity index (χ2v) is 4.06. The molecule has 16 heavy (non-hydrogen) atoms. The van der Waals surface area contributed by atoms with E-state index in [0.29, 0.717) is 23.6 Å². The summed E-state index contributed by atoms with van der Waals surface area (Å²) in [6.07, 6.45) is -0.649. The lowest BCUT2D eigenvalue weighted by Crippen LogP contribution is -2.17. The zero-order chi connectivity index (χ0) is 12.1. The third-order valence-electron chi connectivity index (χ3n) is 2.27. The fourth-order valence-electron chi connectivity index (χ4n) is 1.50.